The number of aryl methyl sites for hydroxylation is 1. The zero-order chi connectivity index (χ0) is 18.8. The molecule has 1 saturated carbocycles. The fraction of sp³-hybridized carbons (Fsp3) is 0.636. The summed E-state index contributed by atoms with van der Waals surface area (Å²) >= 11 is 0. The third-order valence-corrected chi connectivity index (χ3v) is 6.34. The number of nitrogens with zero attached hydrogens (tertiary/aromatic N) is 2. The first-order valence-electron chi connectivity index (χ1n) is 10.4. The van der Waals surface area contributed by atoms with Crippen molar-refractivity contribution in [2.45, 2.75) is 51.6 Å². The van der Waals surface area contributed by atoms with Crippen LogP contribution in [0, 0.1) is 18.8 Å². The quantitative estimate of drug-likeness (QED) is 0.819. The van der Waals surface area contributed by atoms with Crippen LogP contribution in [0.5, 0.6) is 5.75 Å². The SMILES string of the molecule is Cc1ccc(OC2CN(C(=O)C3CCN(C(=O)C4CCCC4)CC3)C2)cc1. The summed E-state index contributed by atoms with van der Waals surface area (Å²) in [5.74, 6) is 1.75. The summed E-state index contributed by atoms with van der Waals surface area (Å²) in [5.41, 5.74) is 1.21. The molecule has 0 radical (unpaired) electrons. The largest absolute Gasteiger partial charge is 0.487 e. The predicted octanol–water partition coefficient (Wildman–Crippen LogP) is 3.01. The van der Waals surface area contributed by atoms with E-state index in [4.69, 9.17) is 4.74 Å². The Labute approximate surface area is 161 Å². The number of carbonyl (C=O) groups excluding carboxylic acids is 2. The van der Waals surface area contributed by atoms with E-state index < -0.39 is 0 Å². The molecule has 0 bridgehead atoms. The molecule has 0 atom stereocenters. The van der Waals surface area contributed by atoms with Crippen LogP contribution >= 0.6 is 0 Å². The Morgan fingerprint density at radius 2 is 1.41 bits per heavy atom. The topological polar surface area (TPSA) is 49.9 Å². The van der Waals surface area contributed by atoms with Gasteiger partial charge in [-0.1, -0.05) is 30.5 Å². The molecule has 27 heavy (non-hydrogen) atoms. The van der Waals surface area contributed by atoms with E-state index in [1.165, 1.54) is 18.4 Å². The lowest BCUT2D eigenvalue weighted by Crippen LogP contribution is -2.58. The number of piperidine rings is 1. The molecule has 0 unspecified atom stereocenters. The summed E-state index contributed by atoms with van der Waals surface area (Å²) in [4.78, 5) is 29.2. The van der Waals surface area contributed by atoms with Crippen molar-refractivity contribution in [1.29, 1.82) is 0 Å². The highest BCUT2D eigenvalue weighted by atomic mass is 16.5. The Bertz CT molecular complexity index is 667. The van der Waals surface area contributed by atoms with Crippen LogP contribution < -0.4 is 4.74 Å². The van der Waals surface area contributed by atoms with Crippen LogP contribution in [-0.2, 0) is 9.59 Å². The highest BCUT2D eigenvalue weighted by molar-refractivity contribution is 5.81. The summed E-state index contributed by atoms with van der Waals surface area (Å²) in [5, 5.41) is 0. The lowest BCUT2D eigenvalue weighted by Gasteiger charge is -2.42. The van der Waals surface area contributed by atoms with Crippen molar-refractivity contribution >= 4 is 11.8 Å². The van der Waals surface area contributed by atoms with Crippen molar-refractivity contribution in [1.82, 2.24) is 9.80 Å². The molecule has 1 aliphatic carbocycles. The van der Waals surface area contributed by atoms with E-state index in [2.05, 4.69) is 6.92 Å². The number of carbonyl (C=O) groups is 2. The Balaban J connectivity index is 1.20. The predicted molar refractivity (Wildman–Crippen MR) is 103 cm³/mol. The maximum absolute atomic E-state index is 12.7. The Morgan fingerprint density at radius 3 is 2.04 bits per heavy atom. The van der Waals surface area contributed by atoms with Crippen LogP contribution in [0.3, 0.4) is 0 Å². The van der Waals surface area contributed by atoms with Gasteiger partial charge in [0.05, 0.1) is 13.1 Å². The van der Waals surface area contributed by atoms with E-state index in [1.54, 1.807) is 0 Å². The van der Waals surface area contributed by atoms with Gasteiger partial charge in [0.1, 0.15) is 11.9 Å². The van der Waals surface area contributed by atoms with Crippen LogP contribution in [-0.4, -0.2) is 53.9 Å². The van der Waals surface area contributed by atoms with Crippen molar-refractivity contribution in [2.75, 3.05) is 26.2 Å². The first-order chi connectivity index (χ1) is 13.1. The molecule has 5 nitrogen and oxygen atoms in total. The number of rotatable bonds is 4. The third-order valence-electron chi connectivity index (χ3n) is 6.34. The first kappa shape index (κ1) is 18.3. The van der Waals surface area contributed by atoms with Gasteiger partial charge < -0.3 is 14.5 Å². The minimum Gasteiger partial charge on any atom is -0.487 e. The molecule has 146 valence electrons. The van der Waals surface area contributed by atoms with Crippen LogP contribution in [0.25, 0.3) is 0 Å². The minimum absolute atomic E-state index is 0.0675. The van der Waals surface area contributed by atoms with E-state index in [1.807, 2.05) is 34.1 Å². The Morgan fingerprint density at radius 1 is 0.852 bits per heavy atom. The number of hydrogen-bond acceptors (Lipinski definition) is 3. The summed E-state index contributed by atoms with van der Waals surface area (Å²) in [6.07, 6.45) is 6.18. The second-order valence-corrected chi connectivity index (χ2v) is 8.38. The molecule has 0 spiro atoms. The lowest BCUT2D eigenvalue weighted by molar-refractivity contribution is -0.148. The zero-order valence-corrected chi connectivity index (χ0v) is 16.2. The molecule has 0 aromatic heterocycles. The molecule has 3 aliphatic rings. The van der Waals surface area contributed by atoms with Gasteiger partial charge in [-0.15, -0.1) is 0 Å². The first-order valence-corrected chi connectivity index (χ1v) is 10.4. The van der Waals surface area contributed by atoms with Crippen molar-refractivity contribution in [3.63, 3.8) is 0 Å². The average molecular weight is 370 g/mol. The van der Waals surface area contributed by atoms with Gasteiger partial charge in [-0.2, -0.15) is 0 Å². The van der Waals surface area contributed by atoms with Gasteiger partial charge in [0.2, 0.25) is 11.8 Å². The highest BCUT2D eigenvalue weighted by Crippen LogP contribution is 2.29. The van der Waals surface area contributed by atoms with E-state index in [0.717, 1.165) is 44.5 Å². The van der Waals surface area contributed by atoms with Gasteiger partial charge in [0.25, 0.3) is 0 Å². The summed E-state index contributed by atoms with van der Waals surface area (Å²) in [6, 6.07) is 8.04. The standard InChI is InChI=1S/C22H30N2O3/c1-16-6-8-19(9-7-16)27-20-14-24(15-20)22(26)18-10-12-23(13-11-18)21(25)17-4-2-3-5-17/h6-9,17-18,20H,2-5,10-15H2,1H3. The Kier molecular flexibility index (Phi) is 5.37. The third kappa shape index (κ3) is 4.12. The molecular formula is C22H30N2O3. The summed E-state index contributed by atoms with van der Waals surface area (Å²) in [6.45, 7) is 4.88. The van der Waals surface area contributed by atoms with Crippen LogP contribution in [0.4, 0.5) is 0 Å². The van der Waals surface area contributed by atoms with Gasteiger partial charge in [0.15, 0.2) is 0 Å². The van der Waals surface area contributed by atoms with Crippen LogP contribution in [0.1, 0.15) is 44.1 Å². The van der Waals surface area contributed by atoms with E-state index in [9.17, 15) is 9.59 Å². The second kappa shape index (κ2) is 7.91. The molecule has 5 heteroatoms. The fourth-order valence-electron chi connectivity index (χ4n) is 4.54. The summed E-state index contributed by atoms with van der Waals surface area (Å²) < 4.78 is 5.93. The van der Waals surface area contributed by atoms with Crippen molar-refractivity contribution < 1.29 is 14.3 Å². The van der Waals surface area contributed by atoms with Crippen molar-refractivity contribution in [2.24, 2.45) is 11.8 Å². The number of ether oxygens (including phenoxy) is 1. The highest BCUT2D eigenvalue weighted by Gasteiger charge is 2.38. The number of likely N-dealkylation sites (tertiary alicyclic amines) is 2. The van der Waals surface area contributed by atoms with Gasteiger partial charge in [-0.3, -0.25) is 9.59 Å². The maximum Gasteiger partial charge on any atom is 0.226 e. The van der Waals surface area contributed by atoms with Crippen LogP contribution in [0.15, 0.2) is 24.3 Å². The molecular weight excluding hydrogens is 340 g/mol. The van der Waals surface area contributed by atoms with E-state index in [0.29, 0.717) is 19.0 Å². The van der Waals surface area contributed by atoms with Crippen LogP contribution in [0.2, 0.25) is 0 Å². The Hall–Kier alpha value is -2.04. The number of benzene rings is 1. The summed E-state index contributed by atoms with van der Waals surface area (Å²) in [7, 11) is 0. The molecule has 1 aromatic carbocycles. The lowest BCUT2D eigenvalue weighted by atomic mass is 9.92. The van der Waals surface area contributed by atoms with Crippen molar-refractivity contribution in [3.8, 4) is 5.75 Å². The monoisotopic (exact) mass is 370 g/mol. The van der Waals surface area contributed by atoms with Gasteiger partial charge in [0, 0.05) is 24.9 Å². The molecule has 0 N–H and O–H groups in total. The molecule has 2 saturated heterocycles. The molecule has 2 aliphatic heterocycles. The number of hydrogen-bond donors (Lipinski definition) is 0. The smallest absolute Gasteiger partial charge is 0.226 e. The van der Waals surface area contributed by atoms with Crippen molar-refractivity contribution in [3.05, 3.63) is 29.8 Å². The minimum atomic E-state index is 0.0675. The molecule has 4 rings (SSSR count). The maximum atomic E-state index is 12.7. The van der Waals surface area contributed by atoms with E-state index in [-0.39, 0.29) is 23.8 Å². The molecule has 2 amide bonds. The average Bonchev–Trinajstić information content (AvgIpc) is 3.19. The number of amides is 2. The molecule has 2 heterocycles. The molecule has 3 fully saturated rings. The zero-order valence-electron chi connectivity index (χ0n) is 16.2. The van der Waals surface area contributed by atoms with Gasteiger partial charge in [-0.05, 0) is 44.7 Å². The normalized spacial score (nSPS) is 22.0. The second-order valence-electron chi connectivity index (χ2n) is 8.38. The van der Waals surface area contributed by atoms with Gasteiger partial charge >= 0.3 is 0 Å². The van der Waals surface area contributed by atoms with Gasteiger partial charge in [-0.25, -0.2) is 0 Å². The molecule has 1 aromatic rings. The van der Waals surface area contributed by atoms with E-state index >= 15 is 0 Å². The fourth-order valence-corrected chi connectivity index (χ4v) is 4.54.